The number of rotatable bonds is 8. The standard InChI is InChI=1S/C23H22N6O5S2/c1-13-14(2)25-21(24-13)16-4-6-17(7-5-16)22(31)34-12-20(30)26-18-8-10-19(11-9-18)36(32,33)29-23-28-27-15(3)35-23/h4-11H,12H2,1-3H3,(H,24,25)(H,26,30)(H,28,29). The zero-order valence-corrected chi connectivity index (χ0v) is 21.2. The maximum Gasteiger partial charge on any atom is 0.338 e. The van der Waals surface area contributed by atoms with E-state index < -0.39 is 28.5 Å². The van der Waals surface area contributed by atoms with Gasteiger partial charge in [-0.15, -0.1) is 10.2 Å². The number of aromatic nitrogens is 4. The number of carbonyl (C=O) groups is 2. The van der Waals surface area contributed by atoms with Gasteiger partial charge < -0.3 is 15.0 Å². The first kappa shape index (κ1) is 25.0. The second-order valence-corrected chi connectivity index (χ2v) is 10.6. The summed E-state index contributed by atoms with van der Waals surface area (Å²) in [4.78, 5) is 32.1. The van der Waals surface area contributed by atoms with Crippen molar-refractivity contribution < 1.29 is 22.7 Å². The van der Waals surface area contributed by atoms with Crippen molar-refractivity contribution in [2.75, 3.05) is 16.6 Å². The number of carbonyl (C=O) groups excluding carboxylic acids is 2. The highest BCUT2D eigenvalue weighted by molar-refractivity contribution is 7.93. The van der Waals surface area contributed by atoms with Gasteiger partial charge in [-0.3, -0.25) is 9.52 Å². The summed E-state index contributed by atoms with van der Waals surface area (Å²) in [6, 6.07) is 12.2. The van der Waals surface area contributed by atoms with E-state index in [2.05, 4.69) is 30.2 Å². The lowest BCUT2D eigenvalue weighted by Crippen LogP contribution is -2.21. The maximum absolute atomic E-state index is 12.5. The van der Waals surface area contributed by atoms with Gasteiger partial charge >= 0.3 is 5.97 Å². The zero-order chi connectivity index (χ0) is 25.9. The third kappa shape index (κ3) is 5.93. The van der Waals surface area contributed by atoms with Crippen molar-refractivity contribution in [3.05, 3.63) is 70.5 Å². The lowest BCUT2D eigenvalue weighted by atomic mass is 10.1. The van der Waals surface area contributed by atoms with Crippen LogP contribution in [0.25, 0.3) is 11.4 Å². The van der Waals surface area contributed by atoms with Crippen molar-refractivity contribution in [1.29, 1.82) is 0 Å². The molecule has 2 aromatic carbocycles. The van der Waals surface area contributed by atoms with Crippen LogP contribution in [0.4, 0.5) is 10.8 Å². The molecule has 1 amide bonds. The summed E-state index contributed by atoms with van der Waals surface area (Å²) >= 11 is 1.11. The number of benzene rings is 2. The Hall–Kier alpha value is -4.10. The van der Waals surface area contributed by atoms with Crippen LogP contribution in [0, 0.1) is 20.8 Å². The topological polar surface area (TPSA) is 156 Å². The Morgan fingerprint density at radius 1 is 1.00 bits per heavy atom. The third-order valence-corrected chi connectivity index (χ3v) is 7.29. The lowest BCUT2D eigenvalue weighted by molar-refractivity contribution is -0.119. The van der Waals surface area contributed by atoms with E-state index in [1.54, 1.807) is 31.2 Å². The van der Waals surface area contributed by atoms with Gasteiger partial charge in [0.25, 0.3) is 15.9 Å². The number of H-pyrrole nitrogens is 1. The molecule has 4 rings (SSSR count). The fraction of sp³-hybridized carbons (Fsp3) is 0.174. The molecule has 0 unspecified atom stereocenters. The van der Waals surface area contributed by atoms with Gasteiger partial charge in [0.05, 0.1) is 16.2 Å². The van der Waals surface area contributed by atoms with Crippen molar-refractivity contribution in [1.82, 2.24) is 20.2 Å². The highest BCUT2D eigenvalue weighted by atomic mass is 32.2. The van der Waals surface area contributed by atoms with Crippen molar-refractivity contribution in [2.24, 2.45) is 0 Å². The third-order valence-electron chi connectivity index (χ3n) is 5.05. The van der Waals surface area contributed by atoms with Crippen LogP contribution in [-0.4, -0.2) is 47.1 Å². The summed E-state index contributed by atoms with van der Waals surface area (Å²) in [6.07, 6.45) is 0. The van der Waals surface area contributed by atoms with Crippen LogP contribution in [0.2, 0.25) is 0 Å². The highest BCUT2D eigenvalue weighted by Crippen LogP contribution is 2.21. The molecule has 0 spiro atoms. The van der Waals surface area contributed by atoms with Gasteiger partial charge in [-0.1, -0.05) is 23.5 Å². The smallest absolute Gasteiger partial charge is 0.338 e. The minimum atomic E-state index is -3.85. The number of amides is 1. The quantitative estimate of drug-likeness (QED) is 0.295. The van der Waals surface area contributed by atoms with Crippen LogP contribution in [0.3, 0.4) is 0 Å². The minimum absolute atomic E-state index is 0.0110. The minimum Gasteiger partial charge on any atom is -0.452 e. The number of hydrogen-bond acceptors (Lipinski definition) is 9. The molecule has 186 valence electrons. The number of sulfonamides is 1. The van der Waals surface area contributed by atoms with Crippen LogP contribution in [0.1, 0.15) is 26.8 Å². The molecular weight excluding hydrogens is 504 g/mol. The van der Waals surface area contributed by atoms with Crippen molar-refractivity contribution in [3.63, 3.8) is 0 Å². The predicted molar refractivity (Wildman–Crippen MR) is 134 cm³/mol. The number of aryl methyl sites for hydroxylation is 3. The number of hydrogen-bond donors (Lipinski definition) is 3. The molecule has 0 bridgehead atoms. The van der Waals surface area contributed by atoms with E-state index in [1.807, 2.05) is 13.8 Å². The van der Waals surface area contributed by atoms with E-state index >= 15 is 0 Å². The second-order valence-electron chi connectivity index (χ2n) is 7.75. The number of ether oxygens (including phenoxy) is 1. The largest absolute Gasteiger partial charge is 0.452 e. The molecule has 0 atom stereocenters. The van der Waals surface area contributed by atoms with Gasteiger partial charge in [0.15, 0.2) is 6.61 Å². The summed E-state index contributed by atoms with van der Waals surface area (Å²) < 4.78 is 32.3. The molecule has 2 aromatic heterocycles. The molecule has 3 N–H and O–H groups in total. The average molecular weight is 527 g/mol. The number of aromatic amines is 1. The van der Waals surface area contributed by atoms with E-state index in [4.69, 9.17) is 4.74 Å². The van der Waals surface area contributed by atoms with Gasteiger partial charge in [0.1, 0.15) is 10.8 Å². The molecule has 13 heteroatoms. The zero-order valence-electron chi connectivity index (χ0n) is 19.5. The van der Waals surface area contributed by atoms with Gasteiger partial charge in [-0.05, 0) is 57.2 Å². The van der Waals surface area contributed by atoms with Crippen LogP contribution in [0.5, 0.6) is 0 Å². The van der Waals surface area contributed by atoms with E-state index in [-0.39, 0.29) is 10.0 Å². The Labute approximate surface area is 211 Å². The van der Waals surface area contributed by atoms with Crippen molar-refractivity contribution in [3.8, 4) is 11.4 Å². The summed E-state index contributed by atoms with van der Waals surface area (Å²) in [7, 11) is -3.85. The first-order chi connectivity index (χ1) is 17.1. The van der Waals surface area contributed by atoms with E-state index in [0.29, 0.717) is 22.1 Å². The molecule has 0 fully saturated rings. The molecule has 36 heavy (non-hydrogen) atoms. The Balaban J connectivity index is 1.29. The molecule has 4 aromatic rings. The summed E-state index contributed by atoms with van der Waals surface area (Å²) in [6.45, 7) is 5.04. The summed E-state index contributed by atoms with van der Waals surface area (Å²) in [5, 5.41) is 10.8. The molecule has 0 aliphatic heterocycles. The Morgan fingerprint density at radius 2 is 1.69 bits per heavy atom. The van der Waals surface area contributed by atoms with Gasteiger partial charge in [0.2, 0.25) is 5.13 Å². The van der Waals surface area contributed by atoms with E-state index in [9.17, 15) is 18.0 Å². The van der Waals surface area contributed by atoms with Crippen LogP contribution < -0.4 is 10.0 Å². The number of esters is 1. The van der Waals surface area contributed by atoms with Gasteiger partial charge in [-0.25, -0.2) is 18.2 Å². The maximum atomic E-state index is 12.5. The first-order valence-corrected chi connectivity index (χ1v) is 12.9. The van der Waals surface area contributed by atoms with Crippen molar-refractivity contribution in [2.45, 2.75) is 25.7 Å². The average Bonchev–Trinajstić information content (AvgIpc) is 3.41. The summed E-state index contributed by atoms with van der Waals surface area (Å²) in [5.41, 5.74) is 3.32. The SMILES string of the molecule is Cc1nnc(NS(=O)(=O)c2ccc(NC(=O)COC(=O)c3ccc(-c4nc(C)c(C)[nH]4)cc3)cc2)s1. The Kier molecular flexibility index (Phi) is 7.12. The number of anilines is 2. The van der Waals surface area contributed by atoms with E-state index in [0.717, 1.165) is 28.3 Å². The van der Waals surface area contributed by atoms with Crippen LogP contribution in [-0.2, 0) is 19.6 Å². The molecule has 11 nitrogen and oxygen atoms in total. The Morgan fingerprint density at radius 3 is 2.28 bits per heavy atom. The fourth-order valence-electron chi connectivity index (χ4n) is 3.09. The molecule has 2 heterocycles. The molecule has 0 aliphatic rings. The van der Waals surface area contributed by atoms with Gasteiger partial charge in [-0.2, -0.15) is 0 Å². The van der Waals surface area contributed by atoms with Gasteiger partial charge in [0, 0.05) is 16.9 Å². The molecule has 0 saturated heterocycles. The molecular formula is C23H22N6O5S2. The molecule has 0 aliphatic carbocycles. The number of imidazole rings is 1. The summed E-state index contributed by atoms with van der Waals surface area (Å²) in [5.74, 6) is -0.517. The molecule has 0 radical (unpaired) electrons. The fourth-order valence-corrected chi connectivity index (χ4v) is 4.91. The predicted octanol–water partition coefficient (Wildman–Crippen LogP) is 3.45. The van der Waals surface area contributed by atoms with Crippen LogP contribution in [0.15, 0.2) is 53.4 Å². The first-order valence-electron chi connectivity index (χ1n) is 10.6. The second kappa shape index (κ2) is 10.3. The Bertz CT molecular complexity index is 1490. The van der Waals surface area contributed by atoms with E-state index in [1.165, 1.54) is 24.3 Å². The lowest BCUT2D eigenvalue weighted by Gasteiger charge is -2.08. The van der Waals surface area contributed by atoms with Crippen molar-refractivity contribution >= 4 is 44.1 Å². The number of nitrogens with zero attached hydrogens (tertiary/aromatic N) is 3. The normalized spacial score (nSPS) is 11.2. The highest BCUT2D eigenvalue weighted by Gasteiger charge is 2.17. The number of nitrogens with one attached hydrogen (secondary N) is 3. The molecule has 0 saturated carbocycles. The van der Waals surface area contributed by atoms with Crippen LogP contribution >= 0.6 is 11.3 Å². The monoisotopic (exact) mass is 526 g/mol.